The quantitative estimate of drug-likeness (QED) is 0.0940. The highest BCUT2D eigenvalue weighted by Gasteiger charge is 2.51. The Morgan fingerprint density at radius 2 is 1.18 bits per heavy atom. The molecule has 39 heavy (non-hydrogen) atoms. The number of alkyl halides is 1. The predicted molar refractivity (Wildman–Crippen MR) is 158 cm³/mol. The van der Waals surface area contributed by atoms with Crippen LogP contribution in [0.2, 0.25) is 0 Å². The minimum absolute atomic E-state index is 0.0627. The Hall–Kier alpha value is -3.28. The lowest BCUT2D eigenvalue weighted by Gasteiger charge is -2.45. The molecule has 0 heterocycles. The molecule has 2 atom stereocenters. The minimum atomic E-state index is -1.53. The van der Waals surface area contributed by atoms with Gasteiger partial charge in [0.1, 0.15) is 6.10 Å². The van der Waals surface area contributed by atoms with Crippen LogP contribution >= 0.6 is 11.6 Å². The molecule has 0 aliphatic heterocycles. The van der Waals surface area contributed by atoms with Crippen LogP contribution < -0.4 is 0 Å². The van der Waals surface area contributed by atoms with Gasteiger partial charge in [0.2, 0.25) is 5.78 Å². The molecule has 2 unspecified atom stereocenters. The van der Waals surface area contributed by atoms with Crippen LogP contribution in [0.25, 0.3) is 0 Å². The normalized spacial score (nSPS) is 13.8. The van der Waals surface area contributed by atoms with E-state index < -0.39 is 11.1 Å². The van der Waals surface area contributed by atoms with Crippen molar-refractivity contribution in [2.24, 2.45) is 0 Å². The fourth-order valence-electron chi connectivity index (χ4n) is 4.61. The van der Waals surface area contributed by atoms with Gasteiger partial charge < -0.3 is 9.47 Å². The van der Waals surface area contributed by atoms with Crippen molar-refractivity contribution in [3.63, 3.8) is 0 Å². The highest BCUT2D eigenvalue weighted by molar-refractivity contribution is 6.38. The first-order chi connectivity index (χ1) is 19.0. The second-order valence-electron chi connectivity index (χ2n) is 9.86. The van der Waals surface area contributed by atoms with Gasteiger partial charge in [0, 0.05) is 18.2 Å². The lowest BCUT2D eigenvalue weighted by atomic mass is 9.95. The van der Waals surface area contributed by atoms with Crippen molar-refractivity contribution in [3.8, 4) is 0 Å². The first-order valence-corrected chi connectivity index (χ1v) is 13.7. The summed E-state index contributed by atoms with van der Waals surface area (Å²) in [5, 5.41) is 0. The maximum atomic E-state index is 14.4. The van der Waals surface area contributed by atoms with E-state index in [0.717, 1.165) is 16.7 Å². The molecule has 0 aliphatic rings. The molecule has 0 saturated heterocycles. The van der Waals surface area contributed by atoms with Crippen LogP contribution in [0.4, 0.5) is 0 Å². The van der Waals surface area contributed by atoms with Gasteiger partial charge in [-0.3, -0.25) is 9.69 Å². The molecule has 0 N–H and O–H groups in total. The third kappa shape index (κ3) is 7.65. The van der Waals surface area contributed by atoms with E-state index in [-0.39, 0.29) is 18.4 Å². The topological polar surface area (TPSA) is 38.8 Å². The van der Waals surface area contributed by atoms with E-state index in [4.69, 9.17) is 21.1 Å². The SMILES string of the molecule is CC(C)N(Cc1ccccc1)C(Cl)(C(=O)c1ccccc1)C(COCc1ccccc1)OCc1ccccc1. The number of benzene rings is 4. The van der Waals surface area contributed by atoms with Crippen molar-refractivity contribution >= 4 is 17.4 Å². The molecule has 0 aliphatic carbocycles. The van der Waals surface area contributed by atoms with Crippen LogP contribution in [-0.2, 0) is 29.2 Å². The molecule has 4 rings (SSSR count). The number of ketones is 1. The lowest BCUT2D eigenvalue weighted by molar-refractivity contribution is -0.0839. The first-order valence-electron chi connectivity index (χ1n) is 13.3. The number of nitrogens with zero attached hydrogens (tertiary/aromatic N) is 1. The second-order valence-corrected chi connectivity index (χ2v) is 10.4. The molecule has 4 aromatic rings. The maximum Gasteiger partial charge on any atom is 0.201 e. The molecule has 4 nitrogen and oxygen atoms in total. The first kappa shape index (κ1) is 28.7. The monoisotopic (exact) mass is 541 g/mol. The average molecular weight is 542 g/mol. The van der Waals surface area contributed by atoms with E-state index in [1.54, 1.807) is 12.1 Å². The van der Waals surface area contributed by atoms with E-state index in [1.165, 1.54) is 0 Å². The zero-order valence-electron chi connectivity index (χ0n) is 22.6. The van der Waals surface area contributed by atoms with Crippen molar-refractivity contribution in [1.29, 1.82) is 0 Å². The highest BCUT2D eigenvalue weighted by Crippen LogP contribution is 2.36. The van der Waals surface area contributed by atoms with Crippen LogP contribution in [0.1, 0.15) is 40.9 Å². The molecule has 0 aromatic heterocycles. The summed E-state index contributed by atoms with van der Waals surface area (Å²) in [6.45, 7) is 5.41. The number of hydrogen-bond donors (Lipinski definition) is 0. The maximum absolute atomic E-state index is 14.4. The van der Waals surface area contributed by atoms with E-state index in [2.05, 4.69) is 13.8 Å². The molecule has 0 fully saturated rings. The Labute approximate surface area is 237 Å². The number of hydrogen-bond acceptors (Lipinski definition) is 4. The molecule has 0 bridgehead atoms. The molecule has 0 saturated carbocycles. The Bertz CT molecular complexity index is 1270. The van der Waals surface area contributed by atoms with Gasteiger partial charge in [-0.15, -0.1) is 0 Å². The molecular weight excluding hydrogens is 506 g/mol. The molecule has 5 heteroatoms. The van der Waals surface area contributed by atoms with Gasteiger partial charge in [0.25, 0.3) is 0 Å². The van der Waals surface area contributed by atoms with Crippen LogP contribution in [-0.4, -0.2) is 34.4 Å². The molecule has 0 spiro atoms. The number of ether oxygens (including phenoxy) is 2. The zero-order chi connectivity index (χ0) is 27.5. The lowest BCUT2D eigenvalue weighted by Crippen LogP contribution is -2.61. The van der Waals surface area contributed by atoms with E-state index in [0.29, 0.717) is 25.3 Å². The van der Waals surface area contributed by atoms with Crippen LogP contribution in [0, 0.1) is 0 Å². The summed E-state index contributed by atoms with van der Waals surface area (Å²) < 4.78 is 12.7. The van der Waals surface area contributed by atoms with Gasteiger partial charge in [0.05, 0.1) is 19.8 Å². The van der Waals surface area contributed by atoms with Crippen molar-refractivity contribution in [2.75, 3.05) is 6.61 Å². The Morgan fingerprint density at radius 3 is 1.69 bits per heavy atom. The summed E-state index contributed by atoms with van der Waals surface area (Å²) in [7, 11) is 0. The highest BCUT2D eigenvalue weighted by atomic mass is 35.5. The fraction of sp³-hybridized carbons (Fsp3) is 0.265. The van der Waals surface area contributed by atoms with Gasteiger partial charge in [-0.1, -0.05) is 133 Å². The fourth-order valence-corrected chi connectivity index (χ4v) is 5.10. The van der Waals surface area contributed by atoms with Crippen molar-refractivity contribution in [1.82, 2.24) is 4.90 Å². The van der Waals surface area contributed by atoms with E-state index in [1.807, 2.05) is 114 Å². The summed E-state index contributed by atoms with van der Waals surface area (Å²) >= 11 is 7.62. The number of halogens is 1. The van der Waals surface area contributed by atoms with Crippen LogP contribution in [0.15, 0.2) is 121 Å². The average Bonchev–Trinajstić information content (AvgIpc) is 2.98. The van der Waals surface area contributed by atoms with Crippen molar-refractivity contribution in [3.05, 3.63) is 144 Å². The predicted octanol–water partition coefficient (Wildman–Crippen LogP) is 7.52. The van der Waals surface area contributed by atoms with Gasteiger partial charge in [0.15, 0.2) is 5.00 Å². The van der Waals surface area contributed by atoms with Gasteiger partial charge in [-0.05, 0) is 30.5 Å². The summed E-state index contributed by atoms with van der Waals surface area (Å²) in [5.41, 5.74) is 3.63. The number of carbonyl (C=O) groups excluding carboxylic acids is 1. The molecule has 4 aromatic carbocycles. The van der Waals surface area contributed by atoms with E-state index >= 15 is 0 Å². The number of rotatable bonds is 14. The van der Waals surface area contributed by atoms with Crippen molar-refractivity contribution < 1.29 is 14.3 Å². The Kier molecular flexibility index (Phi) is 10.5. The molecular formula is C34H36ClNO3. The Morgan fingerprint density at radius 1 is 0.718 bits per heavy atom. The minimum Gasteiger partial charge on any atom is -0.374 e. The van der Waals surface area contributed by atoms with Crippen molar-refractivity contribution in [2.45, 2.75) is 50.7 Å². The van der Waals surface area contributed by atoms with Gasteiger partial charge in [-0.25, -0.2) is 0 Å². The van der Waals surface area contributed by atoms with Gasteiger partial charge >= 0.3 is 0 Å². The summed E-state index contributed by atoms with van der Waals surface area (Å²) in [6, 6.07) is 39.1. The van der Waals surface area contributed by atoms with Crippen LogP contribution in [0.3, 0.4) is 0 Å². The summed E-state index contributed by atoms with van der Waals surface area (Å²) in [4.78, 5) is 14.9. The smallest absolute Gasteiger partial charge is 0.201 e. The largest absolute Gasteiger partial charge is 0.374 e. The third-order valence-electron chi connectivity index (χ3n) is 6.69. The summed E-state index contributed by atoms with van der Waals surface area (Å²) in [5.74, 6) is -0.212. The summed E-state index contributed by atoms with van der Waals surface area (Å²) in [6.07, 6.45) is -0.762. The van der Waals surface area contributed by atoms with E-state index in [9.17, 15) is 4.79 Å². The molecule has 202 valence electrons. The van der Waals surface area contributed by atoms with Gasteiger partial charge in [-0.2, -0.15) is 0 Å². The number of Topliss-reactive ketones (excluding diaryl/α,β-unsaturated/α-hetero) is 1. The second kappa shape index (κ2) is 14.2. The standard InChI is InChI=1S/C34H36ClNO3/c1-27(2)36(23-28-15-7-3-8-16-28)34(35,33(37)31-21-13-6-14-22-31)32(39-25-30-19-11-5-12-20-30)26-38-24-29-17-9-4-10-18-29/h3-22,27,32H,23-26H2,1-2H3. The number of carbonyl (C=O) groups is 1. The molecule has 0 radical (unpaired) electrons. The molecule has 0 amide bonds. The third-order valence-corrected chi connectivity index (χ3v) is 7.33. The Balaban J connectivity index is 1.72. The zero-order valence-corrected chi connectivity index (χ0v) is 23.3. The van der Waals surface area contributed by atoms with Crippen LogP contribution in [0.5, 0.6) is 0 Å².